The van der Waals surface area contributed by atoms with E-state index in [0.29, 0.717) is 69.0 Å². The van der Waals surface area contributed by atoms with Gasteiger partial charge in [0.05, 0.1) is 32.8 Å². The summed E-state index contributed by atoms with van der Waals surface area (Å²) >= 11 is 0. The van der Waals surface area contributed by atoms with E-state index in [1.54, 1.807) is 34.1 Å². The van der Waals surface area contributed by atoms with Crippen molar-refractivity contribution in [3.63, 3.8) is 0 Å². The van der Waals surface area contributed by atoms with Gasteiger partial charge in [-0.25, -0.2) is 14.3 Å². The molecular weight excluding hydrogens is 541 g/mol. The highest BCUT2D eigenvalue weighted by Crippen LogP contribution is 2.59. The zero-order valence-corrected chi connectivity index (χ0v) is 24.4. The van der Waals surface area contributed by atoms with E-state index >= 15 is 0 Å². The topological polar surface area (TPSA) is 164 Å². The molecular formula is C25H40N7O7P. The zero-order valence-electron chi connectivity index (χ0n) is 23.5. The van der Waals surface area contributed by atoms with Gasteiger partial charge in [0.1, 0.15) is 18.4 Å². The first-order valence-electron chi connectivity index (χ1n) is 14.0. The van der Waals surface area contributed by atoms with Crippen LogP contribution in [0.1, 0.15) is 52.9 Å². The van der Waals surface area contributed by atoms with Crippen molar-refractivity contribution in [1.82, 2.24) is 28.9 Å². The van der Waals surface area contributed by atoms with Gasteiger partial charge >= 0.3 is 11.9 Å². The fraction of sp³-hybridized carbons (Fsp3) is 0.720. The Balaban J connectivity index is 1.52. The first kappa shape index (κ1) is 30.2. The van der Waals surface area contributed by atoms with Gasteiger partial charge in [-0.15, -0.1) is 0 Å². The quantitative estimate of drug-likeness (QED) is 0.197. The predicted octanol–water partition coefficient (Wildman–Crippen LogP) is 2.42. The van der Waals surface area contributed by atoms with E-state index in [2.05, 4.69) is 15.0 Å². The van der Waals surface area contributed by atoms with Gasteiger partial charge in [0.25, 0.3) is 0 Å². The second-order valence-corrected chi connectivity index (χ2v) is 12.3. The average molecular weight is 582 g/mol. The molecule has 4 rings (SSSR count). The fourth-order valence-electron chi connectivity index (χ4n) is 5.25. The number of anilines is 1. The Kier molecular flexibility index (Phi) is 10.3. The summed E-state index contributed by atoms with van der Waals surface area (Å²) in [5.41, 5.74) is 6.90. The van der Waals surface area contributed by atoms with Crippen LogP contribution < -0.4 is 10.5 Å². The van der Waals surface area contributed by atoms with E-state index in [1.807, 2.05) is 6.92 Å². The molecule has 0 amide bonds. The first-order chi connectivity index (χ1) is 19.3. The molecule has 0 unspecified atom stereocenters. The summed E-state index contributed by atoms with van der Waals surface area (Å²) < 4.78 is 42.3. The van der Waals surface area contributed by atoms with Gasteiger partial charge in [0.15, 0.2) is 11.2 Å². The minimum atomic E-state index is -3.51. The lowest BCUT2D eigenvalue weighted by atomic mass is 10.2. The number of nitrogen functional groups attached to an aromatic ring is 1. The number of nitrogens with two attached hydrogens (primary N) is 1. The molecule has 2 aromatic heterocycles. The van der Waals surface area contributed by atoms with Crippen LogP contribution in [0.25, 0.3) is 11.2 Å². The number of nitrogens with zero attached hydrogens (tertiary/aromatic N) is 6. The predicted molar refractivity (Wildman–Crippen MR) is 147 cm³/mol. The largest absolute Gasteiger partial charge is 0.476 e. The summed E-state index contributed by atoms with van der Waals surface area (Å²) in [5.74, 6) is -0.416. The number of carbonyl (C=O) groups is 2. The van der Waals surface area contributed by atoms with Gasteiger partial charge in [-0.3, -0.25) is 14.2 Å². The second-order valence-electron chi connectivity index (χ2n) is 9.69. The highest BCUT2D eigenvalue weighted by atomic mass is 31.2. The van der Waals surface area contributed by atoms with Gasteiger partial charge in [-0.2, -0.15) is 9.97 Å². The number of hydrogen-bond acceptors (Lipinski definition) is 11. The van der Waals surface area contributed by atoms with Crippen LogP contribution in [0.3, 0.4) is 0 Å². The zero-order chi connectivity index (χ0) is 28.7. The Labute approximate surface area is 234 Å². The average Bonchev–Trinajstić information content (AvgIpc) is 3.70. The monoisotopic (exact) mass is 581 g/mol. The molecule has 4 heterocycles. The van der Waals surface area contributed by atoms with Crippen molar-refractivity contribution >= 4 is 36.5 Å². The van der Waals surface area contributed by atoms with Crippen molar-refractivity contribution in [2.24, 2.45) is 0 Å². The van der Waals surface area contributed by atoms with Crippen LogP contribution in [0.15, 0.2) is 6.33 Å². The van der Waals surface area contributed by atoms with Gasteiger partial charge in [0.2, 0.25) is 19.3 Å². The minimum absolute atomic E-state index is 0.0730. The Hall–Kier alpha value is -2.80. The van der Waals surface area contributed by atoms with Gasteiger partial charge in [0, 0.05) is 19.6 Å². The number of esters is 2. The van der Waals surface area contributed by atoms with Crippen molar-refractivity contribution in [3.8, 4) is 5.88 Å². The Morgan fingerprint density at radius 3 is 2.20 bits per heavy atom. The molecule has 2 aliphatic heterocycles. The highest BCUT2D eigenvalue weighted by molar-refractivity contribution is 7.59. The van der Waals surface area contributed by atoms with Gasteiger partial charge < -0.3 is 29.2 Å². The van der Waals surface area contributed by atoms with Crippen LogP contribution in [0.5, 0.6) is 5.88 Å². The summed E-state index contributed by atoms with van der Waals surface area (Å²) in [7, 11) is -3.51. The number of ether oxygens (including phenoxy) is 4. The lowest BCUT2D eigenvalue weighted by molar-refractivity contribution is -0.147. The fourth-order valence-corrected chi connectivity index (χ4v) is 8.40. The molecule has 2 aromatic rings. The third-order valence-corrected chi connectivity index (χ3v) is 10.1. The van der Waals surface area contributed by atoms with E-state index in [9.17, 15) is 14.2 Å². The molecule has 14 nitrogen and oxygen atoms in total. The third kappa shape index (κ3) is 6.40. The maximum Gasteiger partial charge on any atom is 0.323 e. The molecule has 222 valence electrons. The molecule has 40 heavy (non-hydrogen) atoms. The molecule has 0 radical (unpaired) electrons. The maximum atomic E-state index is 14.9. The molecule has 0 saturated carbocycles. The lowest BCUT2D eigenvalue weighted by Crippen LogP contribution is -2.45. The van der Waals surface area contributed by atoms with Crippen LogP contribution in [0, 0.1) is 0 Å². The van der Waals surface area contributed by atoms with Crippen molar-refractivity contribution in [2.75, 3.05) is 51.6 Å². The van der Waals surface area contributed by atoms with E-state index in [4.69, 9.17) is 24.7 Å². The normalized spacial score (nSPS) is 20.3. The number of carbonyl (C=O) groups excluding carboxylic acids is 2. The number of aromatic nitrogens is 4. The second kappa shape index (κ2) is 13.7. The van der Waals surface area contributed by atoms with Gasteiger partial charge in [-0.05, 0) is 46.0 Å². The number of imidazole rings is 1. The minimum Gasteiger partial charge on any atom is -0.476 e. The lowest BCUT2D eigenvalue weighted by Gasteiger charge is -2.39. The van der Waals surface area contributed by atoms with Gasteiger partial charge in [-0.1, -0.05) is 6.92 Å². The van der Waals surface area contributed by atoms with E-state index < -0.39 is 31.5 Å². The van der Waals surface area contributed by atoms with Crippen molar-refractivity contribution in [2.45, 2.75) is 71.5 Å². The first-order valence-corrected chi connectivity index (χ1v) is 15.8. The summed E-state index contributed by atoms with van der Waals surface area (Å²) in [4.78, 5) is 38.4. The Morgan fingerprint density at radius 1 is 1.00 bits per heavy atom. The molecule has 2 aliphatic rings. The SMILES string of the molecule is CCCOc1nc(N)nc2c1ncn2CCOCP(=O)(N1CCC[C@H]1C(=O)OCC)N1CCC[C@H]1C(=O)OCC. The van der Waals surface area contributed by atoms with Crippen molar-refractivity contribution in [1.29, 1.82) is 0 Å². The van der Waals surface area contributed by atoms with E-state index in [0.717, 1.165) is 6.42 Å². The molecule has 2 N–H and O–H groups in total. The molecule has 2 fully saturated rings. The van der Waals surface area contributed by atoms with Crippen LogP contribution in [-0.2, 0) is 34.9 Å². The van der Waals surface area contributed by atoms with E-state index in [-0.39, 0.29) is 32.1 Å². The molecule has 0 spiro atoms. The molecule has 0 aliphatic carbocycles. The number of fused-ring (bicyclic) bond motifs is 1. The number of rotatable bonds is 14. The van der Waals surface area contributed by atoms with Crippen LogP contribution in [0.2, 0.25) is 0 Å². The molecule has 15 heteroatoms. The maximum absolute atomic E-state index is 14.9. The van der Waals surface area contributed by atoms with Crippen LogP contribution in [-0.4, -0.2) is 98.7 Å². The molecule has 2 atom stereocenters. The molecule has 2 saturated heterocycles. The Bertz CT molecular complexity index is 1190. The Morgan fingerprint density at radius 2 is 1.62 bits per heavy atom. The number of hydrogen-bond donors (Lipinski definition) is 1. The summed E-state index contributed by atoms with van der Waals surface area (Å²) in [6.07, 6.45) is 4.70. The highest BCUT2D eigenvalue weighted by Gasteiger charge is 2.51. The van der Waals surface area contributed by atoms with Crippen molar-refractivity contribution < 1.29 is 33.1 Å². The summed E-state index contributed by atoms with van der Waals surface area (Å²) in [6.45, 7) is 7.84. The van der Waals surface area contributed by atoms with Crippen LogP contribution >= 0.6 is 7.44 Å². The van der Waals surface area contributed by atoms with Crippen molar-refractivity contribution in [3.05, 3.63) is 6.33 Å². The molecule has 0 aromatic carbocycles. The smallest absolute Gasteiger partial charge is 0.323 e. The van der Waals surface area contributed by atoms with E-state index in [1.165, 1.54) is 0 Å². The standard InChI is InChI=1S/C25H40N7O7P/c1-4-14-39-22-20-21(28-25(26)29-22)30(16-27-20)13-15-36-17-40(35,31-11-7-9-18(31)23(33)37-5-2)32-12-8-10-19(32)24(34)38-6-3/h16,18-19H,4-15,17H2,1-3H3,(H2,26,28,29)/t18-,19-/m0/s1. The summed E-state index contributed by atoms with van der Waals surface area (Å²) in [6, 6.07) is -1.31. The third-order valence-electron chi connectivity index (χ3n) is 7.00. The summed E-state index contributed by atoms with van der Waals surface area (Å²) in [5, 5.41) is 0. The molecule has 0 bridgehead atoms. The van der Waals surface area contributed by atoms with Crippen LogP contribution in [0.4, 0.5) is 5.95 Å².